The van der Waals surface area contributed by atoms with Crippen LogP contribution in [0.3, 0.4) is 0 Å². The second-order valence-corrected chi connectivity index (χ2v) is 7.30. The standard InChI is InChI=1S/C22H25N5O/c28-22(21-17-27(25-24-21)16-19-9-5-2-6-10-19)23-20-11-13-26(14-12-20)15-18-7-3-1-4-8-18/h1-10,17,20H,11-16H2,(H,23,28). The van der Waals surface area contributed by atoms with Crippen LogP contribution in [0.2, 0.25) is 0 Å². The maximum atomic E-state index is 12.5. The highest BCUT2D eigenvalue weighted by Gasteiger charge is 2.22. The number of amides is 1. The number of benzene rings is 2. The van der Waals surface area contributed by atoms with E-state index in [0.717, 1.165) is 38.0 Å². The number of hydrogen-bond acceptors (Lipinski definition) is 4. The van der Waals surface area contributed by atoms with Crippen molar-refractivity contribution in [3.63, 3.8) is 0 Å². The number of hydrogen-bond donors (Lipinski definition) is 1. The van der Waals surface area contributed by atoms with Gasteiger partial charge >= 0.3 is 0 Å². The Kier molecular flexibility index (Phi) is 5.77. The SMILES string of the molecule is O=C(NC1CCN(Cc2ccccc2)CC1)c1cn(Cc2ccccc2)nn1. The lowest BCUT2D eigenvalue weighted by Crippen LogP contribution is -2.44. The van der Waals surface area contributed by atoms with Crippen LogP contribution in [0.5, 0.6) is 0 Å². The Morgan fingerprint density at radius 1 is 0.929 bits per heavy atom. The number of nitrogens with zero attached hydrogens (tertiary/aromatic N) is 4. The Morgan fingerprint density at radius 2 is 1.54 bits per heavy atom. The molecule has 6 nitrogen and oxygen atoms in total. The lowest BCUT2D eigenvalue weighted by atomic mass is 10.0. The highest BCUT2D eigenvalue weighted by molar-refractivity contribution is 5.92. The minimum Gasteiger partial charge on any atom is -0.348 e. The van der Waals surface area contributed by atoms with Crippen molar-refractivity contribution in [3.05, 3.63) is 83.7 Å². The van der Waals surface area contributed by atoms with Gasteiger partial charge in [0.15, 0.2) is 5.69 Å². The molecule has 144 valence electrons. The fourth-order valence-electron chi connectivity index (χ4n) is 3.59. The molecule has 1 amide bonds. The van der Waals surface area contributed by atoms with Crippen LogP contribution in [0.25, 0.3) is 0 Å². The smallest absolute Gasteiger partial charge is 0.273 e. The monoisotopic (exact) mass is 375 g/mol. The van der Waals surface area contributed by atoms with Gasteiger partial charge in [0.25, 0.3) is 5.91 Å². The van der Waals surface area contributed by atoms with E-state index in [0.29, 0.717) is 12.2 Å². The van der Waals surface area contributed by atoms with Gasteiger partial charge < -0.3 is 5.32 Å². The van der Waals surface area contributed by atoms with Gasteiger partial charge in [-0.1, -0.05) is 65.9 Å². The van der Waals surface area contributed by atoms with Gasteiger partial charge in [0, 0.05) is 25.7 Å². The zero-order valence-corrected chi connectivity index (χ0v) is 15.9. The zero-order chi connectivity index (χ0) is 19.2. The summed E-state index contributed by atoms with van der Waals surface area (Å²) < 4.78 is 1.70. The number of aromatic nitrogens is 3. The first-order chi connectivity index (χ1) is 13.8. The van der Waals surface area contributed by atoms with Crippen molar-refractivity contribution in [2.24, 2.45) is 0 Å². The fourth-order valence-corrected chi connectivity index (χ4v) is 3.59. The molecule has 28 heavy (non-hydrogen) atoms. The van der Waals surface area contributed by atoms with E-state index in [1.54, 1.807) is 10.9 Å². The summed E-state index contributed by atoms with van der Waals surface area (Å²) in [4.78, 5) is 14.9. The Labute approximate surface area is 165 Å². The molecule has 2 aromatic carbocycles. The third kappa shape index (κ3) is 4.84. The van der Waals surface area contributed by atoms with E-state index in [1.807, 2.05) is 36.4 Å². The molecule has 0 atom stereocenters. The summed E-state index contributed by atoms with van der Waals surface area (Å²) in [5.74, 6) is -0.138. The van der Waals surface area contributed by atoms with Crippen molar-refractivity contribution in [2.45, 2.75) is 32.0 Å². The third-order valence-electron chi connectivity index (χ3n) is 5.13. The van der Waals surface area contributed by atoms with Crippen LogP contribution in [-0.2, 0) is 13.1 Å². The molecule has 1 aliphatic rings. The molecule has 3 aromatic rings. The molecular weight excluding hydrogens is 350 g/mol. The molecule has 1 aromatic heterocycles. The average molecular weight is 375 g/mol. The summed E-state index contributed by atoms with van der Waals surface area (Å²) in [6.07, 6.45) is 3.63. The number of rotatable bonds is 6. The molecule has 0 spiro atoms. The number of nitrogens with one attached hydrogen (secondary N) is 1. The van der Waals surface area contributed by atoms with Crippen molar-refractivity contribution in [3.8, 4) is 0 Å². The predicted octanol–water partition coefficient (Wildman–Crippen LogP) is 2.72. The quantitative estimate of drug-likeness (QED) is 0.720. The van der Waals surface area contributed by atoms with Crippen molar-refractivity contribution in [1.29, 1.82) is 0 Å². The highest BCUT2D eigenvalue weighted by atomic mass is 16.2. The topological polar surface area (TPSA) is 63.1 Å². The molecule has 0 saturated carbocycles. The van der Waals surface area contributed by atoms with Crippen molar-refractivity contribution in [1.82, 2.24) is 25.2 Å². The maximum absolute atomic E-state index is 12.5. The average Bonchev–Trinajstić information content (AvgIpc) is 3.20. The second-order valence-electron chi connectivity index (χ2n) is 7.30. The molecule has 4 rings (SSSR count). The van der Waals surface area contributed by atoms with E-state index < -0.39 is 0 Å². The molecular formula is C22H25N5O. The van der Waals surface area contributed by atoms with Gasteiger partial charge in [0.2, 0.25) is 0 Å². The van der Waals surface area contributed by atoms with Crippen molar-refractivity contribution >= 4 is 5.91 Å². The van der Waals surface area contributed by atoms with Crippen molar-refractivity contribution < 1.29 is 4.79 Å². The zero-order valence-electron chi connectivity index (χ0n) is 15.9. The normalized spacial score (nSPS) is 15.4. The van der Waals surface area contributed by atoms with E-state index in [-0.39, 0.29) is 11.9 Å². The molecule has 0 radical (unpaired) electrons. The predicted molar refractivity (Wildman–Crippen MR) is 108 cm³/mol. The van der Waals surface area contributed by atoms with Gasteiger partial charge in [0.05, 0.1) is 12.7 Å². The van der Waals surface area contributed by atoms with Gasteiger partial charge in [-0.25, -0.2) is 4.68 Å². The largest absolute Gasteiger partial charge is 0.348 e. The van der Waals surface area contributed by atoms with Crippen LogP contribution >= 0.6 is 0 Å². The summed E-state index contributed by atoms with van der Waals surface area (Å²) in [5, 5.41) is 11.2. The minimum absolute atomic E-state index is 0.138. The number of carbonyl (C=O) groups excluding carboxylic acids is 1. The molecule has 0 unspecified atom stereocenters. The Hall–Kier alpha value is -2.99. The first-order valence-corrected chi connectivity index (χ1v) is 9.77. The third-order valence-corrected chi connectivity index (χ3v) is 5.13. The van der Waals surface area contributed by atoms with E-state index in [1.165, 1.54) is 5.56 Å². The number of likely N-dealkylation sites (tertiary alicyclic amines) is 1. The fraction of sp³-hybridized carbons (Fsp3) is 0.318. The van der Waals surface area contributed by atoms with Gasteiger partial charge in [0.1, 0.15) is 0 Å². The Bertz CT molecular complexity index is 886. The van der Waals surface area contributed by atoms with E-state index in [4.69, 9.17) is 0 Å². The number of carbonyl (C=O) groups is 1. The Morgan fingerprint density at radius 3 is 2.18 bits per heavy atom. The van der Waals surface area contributed by atoms with Gasteiger partial charge in [-0.15, -0.1) is 5.10 Å². The first kappa shape index (κ1) is 18.4. The van der Waals surface area contributed by atoms with E-state index in [2.05, 4.69) is 44.8 Å². The lowest BCUT2D eigenvalue weighted by Gasteiger charge is -2.32. The molecule has 1 saturated heterocycles. The summed E-state index contributed by atoms with van der Waals surface area (Å²) in [6.45, 7) is 3.55. The maximum Gasteiger partial charge on any atom is 0.273 e. The molecule has 1 fully saturated rings. The van der Waals surface area contributed by atoms with Crippen LogP contribution in [0.15, 0.2) is 66.9 Å². The van der Waals surface area contributed by atoms with Gasteiger partial charge in [-0.05, 0) is 24.0 Å². The van der Waals surface area contributed by atoms with Crippen molar-refractivity contribution in [2.75, 3.05) is 13.1 Å². The van der Waals surface area contributed by atoms with E-state index >= 15 is 0 Å². The molecule has 1 aliphatic heterocycles. The van der Waals surface area contributed by atoms with Gasteiger partial charge in [-0.2, -0.15) is 0 Å². The van der Waals surface area contributed by atoms with Crippen LogP contribution in [0.1, 0.15) is 34.5 Å². The van der Waals surface area contributed by atoms with Crippen LogP contribution < -0.4 is 5.32 Å². The Balaban J connectivity index is 1.26. The summed E-state index contributed by atoms with van der Waals surface area (Å²) in [6, 6.07) is 20.7. The molecule has 0 aliphatic carbocycles. The van der Waals surface area contributed by atoms with Crippen LogP contribution in [-0.4, -0.2) is 44.9 Å². The molecule has 6 heteroatoms. The summed E-state index contributed by atoms with van der Waals surface area (Å²) >= 11 is 0. The lowest BCUT2D eigenvalue weighted by molar-refractivity contribution is 0.0904. The molecule has 0 bridgehead atoms. The van der Waals surface area contributed by atoms with Crippen LogP contribution in [0.4, 0.5) is 0 Å². The van der Waals surface area contributed by atoms with E-state index in [9.17, 15) is 4.79 Å². The first-order valence-electron chi connectivity index (χ1n) is 9.77. The van der Waals surface area contributed by atoms with Gasteiger partial charge in [-0.3, -0.25) is 9.69 Å². The summed E-state index contributed by atoms with van der Waals surface area (Å²) in [5.41, 5.74) is 2.84. The minimum atomic E-state index is -0.138. The molecule has 2 heterocycles. The molecule has 1 N–H and O–H groups in total. The second kappa shape index (κ2) is 8.80. The highest BCUT2D eigenvalue weighted by Crippen LogP contribution is 2.14. The number of piperidine rings is 1. The summed E-state index contributed by atoms with van der Waals surface area (Å²) in [7, 11) is 0. The van der Waals surface area contributed by atoms with Crippen LogP contribution in [0, 0.1) is 0 Å².